The third kappa shape index (κ3) is 2.95. The Morgan fingerprint density at radius 1 is 1.14 bits per heavy atom. The molecule has 4 rings (SSSR count). The number of ether oxygens (including phenoxy) is 1. The molecule has 7 heteroatoms. The van der Waals surface area contributed by atoms with E-state index in [4.69, 9.17) is 4.74 Å². The van der Waals surface area contributed by atoms with Crippen LogP contribution in [0.3, 0.4) is 0 Å². The number of fused-ring (bicyclic) bond motifs is 3. The van der Waals surface area contributed by atoms with Crippen LogP contribution in [0.4, 0.5) is 5.69 Å². The summed E-state index contributed by atoms with van der Waals surface area (Å²) in [7, 11) is 1.61. The fourth-order valence-electron chi connectivity index (χ4n) is 3.38. The normalized spacial score (nSPS) is 11.9. The molecule has 1 heterocycles. The smallest absolute Gasteiger partial charge is 0.238 e. The minimum atomic E-state index is -0.190. The number of carbonyl (C=O) groups excluding carboxylic acids is 2. The predicted octanol–water partition coefficient (Wildman–Crippen LogP) is 2.84. The molecule has 1 amide bonds. The zero-order valence-electron chi connectivity index (χ0n) is 15.6. The summed E-state index contributed by atoms with van der Waals surface area (Å²) in [6.07, 6.45) is 0. The molecule has 0 bridgehead atoms. The highest BCUT2D eigenvalue weighted by atomic mass is 16.5. The molecule has 0 unspecified atom stereocenters. The summed E-state index contributed by atoms with van der Waals surface area (Å²) in [5.74, 6) is 0.397. The van der Waals surface area contributed by atoms with Crippen LogP contribution in [-0.4, -0.2) is 42.1 Å². The lowest BCUT2D eigenvalue weighted by Gasteiger charge is -2.10. The Morgan fingerprint density at radius 3 is 2.64 bits per heavy atom. The number of carbonyl (C=O) groups is 2. The van der Waals surface area contributed by atoms with E-state index in [2.05, 4.69) is 20.8 Å². The number of nitrogens with one attached hydrogen (secondary N) is 3. The molecule has 1 aromatic heterocycles. The second-order valence-electron chi connectivity index (χ2n) is 6.44. The average Bonchev–Trinajstić information content (AvgIpc) is 3.27. The SMILES string of the molecule is CCNCC(=O)Nc1cccc2c1C(=O)c1c-2n[nH]c1-c1ccc(OC)cc1. The fourth-order valence-corrected chi connectivity index (χ4v) is 3.38. The van der Waals surface area contributed by atoms with Crippen LogP contribution < -0.4 is 15.4 Å². The third-order valence-electron chi connectivity index (χ3n) is 4.73. The van der Waals surface area contributed by atoms with Crippen molar-refractivity contribution < 1.29 is 14.3 Å². The Bertz CT molecular complexity index is 1050. The van der Waals surface area contributed by atoms with Gasteiger partial charge in [0.2, 0.25) is 5.91 Å². The molecular formula is C21H20N4O3. The number of likely N-dealkylation sites (N-methyl/N-ethyl adjacent to an activating group) is 1. The number of hydrogen-bond acceptors (Lipinski definition) is 5. The number of anilines is 1. The Hall–Kier alpha value is -3.45. The highest BCUT2D eigenvalue weighted by Crippen LogP contribution is 2.42. The van der Waals surface area contributed by atoms with Crippen molar-refractivity contribution in [2.24, 2.45) is 0 Å². The van der Waals surface area contributed by atoms with E-state index in [1.165, 1.54) is 0 Å². The molecule has 1 aliphatic carbocycles. The van der Waals surface area contributed by atoms with Gasteiger partial charge in [0.1, 0.15) is 11.4 Å². The average molecular weight is 376 g/mol. The first-order chi connectivity index (χ1) is 13.6. The molecule has 3 N–H and O–H groups in total. The number of ketones is 1. The summed E-state index contributed by atoms with van der Waals surface area (Å²) in [5, 5.41) is 13.2. The lowest BCUT2D eigenvalue weighted by atomic mass is 10.0. The van der Waals surface area contributed by atoms with Crippen molar-refractivity contribution in [3.8, 4) is 28.3 Å². The van der Waals surface area contributed by atoms with Crippen molar-refractivity contribution >= 4 is 17.4 Å². The lowest BCUT2D eigenvalue weighted by molar-refractivity contribution is -0.115. The largest absolute Gasteiger partial charge is 0.497 e. The number of nitrogens with zero attached hydrogens (tertiary/aromatic N) is 1. The van der Waals surface area contributed by atoms with Crippen molar-refractivity contribution in [3.63, 3.8) is 0 Å². The Morgan fingerprint density at radius 2 is 1.93 bits per heavy atom. The molecule has 1 aliphatic rings. The number of hydrogen-bond donors (Lipinski definition) is 3. The van der Waals surface area contributed by atoms with Crippen LogP contribution in [0.2, 0.25) is 0 Å². The molecule has 7 nitrogen and oxygen atoms in total. The maximum atomic E-state index is 13.2. The summed E-state index contributed by atoms with van der Waals surface area (Å²) in [4.78, 5) is 25.4. The fraction of sp³-hybridized carbons (Fsp3) is 0.190. The zero-order valence-corrected chi connectivity index (χ0v) is 15.6. The van der Waals surface area contributed by atoms with Crippen LogP contribution in [-0.2, 0) is 4.79 Å². The number of aromatic amines is 1. The van der Waals surface area contributed by atoms with Crippen LogP contribution in [0.25, 0.3) is 22.5 Å². The highest BCUT2D eigenvalue weighted by Gasteiger charge is 2.35. The Labute approximate surface area is 162 Å². The molecule has 3 aromatic rings. The number of rotatable bonds is 6. The number of methoxy groups -OCH3 is 1. The number of benzene rings is 2. The van der Waals surface area contributed by atoms with E-state index in [-0.39, 0.29) is 18.2 Å². The molecule has 28 heavy (non-hydrogen) atoms. The Balaban J connectivity index is 1.71. The summed E-state index contributed by atoms with van der Waals surface area (Å²) >= 11 is 0. The first-order valence-corrected chi connectivity index (χ1v) is 9.05. The van der Waals surface area contributed by atoms with Gasteiger partial charge in [0.15, 0.2) is 5.78 Å². The van der Waals surface area contributed by atoms with Gasteiger partial charge in [-0.2, -0.15) is 5.10 Å². The second kappa shape index (κ2) is 7.28. The van der Waals surface area contributed by atoms with E-state index >= 15 is 0 Å². The van der Waals surface area contributed by atoms with E-state index in [9.17, 15) is 9.59 Å². The van der Waals surface area contributed by atoms with Crippen molar-refractivity contribution in [1.29, 1.82) is 0 Å². The van der Waals surface area contributed by atoms with Crippen LogP contribution in [0, 0.1) is 0 Å². The predicted molar refractivity (Wildman–Crippen MR) is 107 cm³/mol. The summed E-state index contributed by atoms with van der Waals surface area (Å²) in [6.45, 7) is 2.81. The van der Waals surface area contributed by atoms with Gasteiger partial charge in [0.05, 0.1) is 36.2 Å². The van der Waals surface area contributed by atoms with Gasteiger partial charge in [0, 0.05) is 11.1 Å². The molecular weight excluding hydrogens is 356 g/mol. The molecule has 0 spiro atoms. The molecule has 0 saturated carbocycles. The molecule has 0 radical (unpaired) electrons. The molecule has 142 valence electrons. The van der Waals surface area contributed by atoms with Crippen LogP contribution in [0.5, 0.6) is 5.75 Å². The van der Waals surface area contributed by atoms with Gasteiger partial charge in [-0.15, -0.1) is 0 Å². The van der Waals surface area contributed by atoms with Crippen molar-refractivity contribution in [1.82, 2.24) is 15.5 Å². The van der Waals surface area contributed by atoms with E-state index in [1.54, 1.807) is 13.2 Å². The van der Waals surface area contributed by atoms with E-state index in [0.717, 1.165) is 16.9 Å². The lowest BCUT2D eigenvalue weighted by Crippen LogP contribution is -2.28. The van der Waals surface area contributed by atoms with E-state index in [1.807, 2.05) is 43.3 Å². The van der Waals surface area contributed by atoms with Gasteiger partial charge in [-0.05, 0) is 36.9 Å². The molecule has 2 aromatic carbocycles. The van der Waals surface area contributed by atoms with Gasteiger partial charge in [-0.1, -0.05) is 19.1 Å². The molecule has 0 fully saturated rings. The number of aromatic nitrogens is 2. The maximum absolute atomic E-state index is 13.2. The minimum absolute atomic E-state index is 0.149. The second-order valence-corrected chi connectivity index (χ2v) is 6.44. The standard InChI is InChI=1S/C21H20N4O3/c1-3-22-11-16(26)23-15-6-4-5-14-17(15)21(27)18-19(24-25-20(14)18)12-7-9-13(28-2)10-8-12/h4-10,22H,3,11H2,1-2H3,(H,23,26)(H,24,25). The summed E-state index contributed by atoms with van der Waals surface area (Å²) in [6, 6.07) is 12.8. The van der Waals surface area contributed by atoms with Gasteiger partial charge in [-0.3, -0.25) is 14.7 Å². The van der Waals surface area contributed by atoms with E-state index < -0.39 is 0 Å². The van der Waals surface area contributed by atoms with Crippen molar-refractivity contribution in [3.05, 3.63) is 53.6 Å². The van der Waals surface area contributed by atoms with E-state index in [0.29, 0.717) is 34.7 Å². The Kier molecular flexibility index (Phi) is 4.67. The number of H-pyrrole nitrogens is 1. The zero-order chi connectivity index (χ0) is 19.7. The maximum Gasteiger partial charge on any atom is 0.238 e. The van der Waals surface area contributed by atoms with Crippen LogP contribution in [0.15, 0.2) is 42.5 Å². The highest BCUT2D eigenvalue weighted by molar-refractivity contribution is 6.27. The minimum Gasteiger partial charge on any atom is -0.497 e. The van der Waals surface area contributed by atoms with Gasteiger partial charge >= 0.3 is 0 Å². The van der Waals surface area contributed by atoms with Gasteiger partial charge < -0.3 is 15.4 Å². The summed E-state index contributed by atoms with van der Waals surface area (Å²) < 4.78 is 5.19. The monoisotopic (exact) mass is 376 g/mol. The molecule has 0 atom stereocenters. The molecule has 0 saturated heterocycles. The van der Waals surface area contributed by atoms with Crippen LogP contribution in [0.1, 0.15) is 22.8 Å². The number of amides is 1. The first kappa shape index (κ1) is 17.9. The third-order valence-corrected chi connectivity index (χ3v) is 4.73. The quantitative estimate of drug-likeness (QED) is 0.481. The summed E-state index contributed by atoms with van der Waals surface area (Å²) in [5.41, 5.74) is 4.33. The van der Waals surface area contributed by atoms with Crippen molar-refractivity contribution in [2.75, 3.05) is 25.5 Å². The van der Waals surface area contributed by atoms with Gasteiger partial charge in [0.25, 0.3) is 0 Å². The van der Waals surface area contributed by atoms with Gasteiger partial charge in [-0.25, -0.2) is 0 Å². The van der Waals surface area contributed by atoms with Crippen LogP contribution >= 0.6 is 0 Å². The molecule has 0 aliphatic heterocycles. The topological polar surface area (TPSA) is 96.1 Å². The first-order valence-electron chi connectivity index (χ1n) is 9.05. The van der Waals surface area contributed by atoms with Crippen molar-refractivity contribution in [2.45, 2.75) is 6.92 Å².